The molecule has 2 rings (SSSR count). The molecule has 0 aliphatic carbocycles. The first-order valence-electron chi connectivity index (χ1n) is 7.92. The first-order valence-corrected chi connectivity index (χ1v) is 7.92. The van der Waals surface area contributed by atoms with Crippen LogP contribution < -0.4 is 10.6 Å². The van der Waals surface area contributed by atoms with Gasteiger partial charge in [-0.3, -0.25) is 4.79 Å². The molecule has 0 atom stereocenters. The minimum atomic E-state index is -0.195. The zero-order valence-electron chi connectivity index (χ0n) is 13.7. The van der Waals surface area contributed by atoms with Crippen LogP contribution in [0.15, 0.2) is 49.2 Å². The Hall–Kier alpha value is -2.62. The highest BCUT2D eigenvalue weighted by molar-refractivity contribution is 5.92. The van der Waals surface area contributed by atoms with Gasteiger partial charge in [-0.15, -0.1) is 6.58 Å². The zero-order chi connectivity index (χ0) is 16.7. The van der Waals surface area contributed by atoms with E-state index in [-0.39, 0.29) is 5.91 Å². The van der Waals surface area contributed by atoms with Gasteiger partial charge in [0.15, 0.2) is 0 Å². The summed E-state index contributed by atoms with van der Waals surface area (Å²) < 4.78 is 0. The minimum absolute atomic E-state index is 0.195. The number of aromatic nitrogens is 1. The summed E-state index contributed by atoms with van der Waals surface area (Å²) in [6, 6.07) is 9.95. The van der Waals surface area contributed by atoms with Crippen LogP contribution in [-0.2, 0) is 12.8 Å². The SMILES string of the molecule is C=CCNC(=O)c1ccc(Nc2c(CC)cccc2CC)cn1. The van der Waals surface area contributed by atoms with Gasteiger partial charge in [-0.1, -0.05) is 38.1 Å². The number of para-hydroxylation sites is 1. The van der Waals surface area contributed by atoms with E-state index >= 15 is 0 Å². The fraction of sp³-hybridized carbons (Fsp3) is 0.263. The summed E-state index contributed by atoms with van der Waals surface area (Å²) in [5, 5.41) is 6.16. The lowest BCUT2D eigenvalue weighted by Gasteiger charge is -2.15. The fourth-order valence-electron chi connectivity index (χ4n) is 2.41. The van der Waals surface area contributed by atoms with Gasteiger partial charge in [-0.25, -0.2) is 4.98 Å². The van der Waals surface area contributed by atoms with E-state index in [9.17, 15) is 4.79 Å². The van der Waals surface area contributed by atoms with Crippen LogP contribution in [0.3, 0.4) is 0 Å². The number of anilines is 2. The Kier molecular flexibility index (Phi) is 5.92. The highest BCUT2D eigenvalue weighted by Gasteiger charge is 2.09. The number of nitrogens with zero attached hydrogens (tertiary/aromatic N) is 1. The van der Waals surface area contributed by atoms with Crippen LogP contribution in [-0.4, -0.2) is 17.4 Å². The predicted molar refractivity (Wildman–Crippen MR) is 95.2 cm³/mol. The summed E-state index contributed by atoms with van der Waals surface area (Å²) >= 11 is 0. The van der Waals surface area contributed by atoms with Crippen LogP contribution >= 0.6 is 0 Å². The number of pyridine rings is 1. The number of benzene rings is 1. The van der Waals surface area contributed by atoms with E-state index in [0.717, 1.165) is 24.2 Å². The van der Waals surface area contributed by atoms with E-state index in [1.54, 1.807) is 18.3 Å². The van der Waals surface area contributed by atoms with E-state index in [0.29, 0.717) is 12.2 Å². The second kappa shape index (κ2) is 8.13. The fourth-order valence-corrected chi connectivity index (χ4v) is 2.41. The molecule has 23 heavy (non-hydrogen) atoms. The van der Waals surface area contributed by atoms with Gasteiger partial charge in [0.05, 0.1) is 11.9 Å². The van der Waals surface area contributed by atoms with Gasteiger partial charge in [0, 0.05) is 12.2 Å². The van der Waals surface area contributed by atoms with Crippen LogP contribution in [0.25, 0.3) is 0 Å². The van der Waals surface area contributed by atoms with E-state index in [1.807, 2.05) is 6.07 Å². The Morgan fingerprint density at radius 2 is 1.87 bits per heavy atom. The molecule has 1 aromatic heterocycles. The average molecular weight is 309 g/mol. The third-order valence-electron chi connectivity index (χ3n) is 3.67. The van der Waals surface area contributed by atoms with Crippen molar-refractivity contribution in [1.29, 1.82) is 0 Å². The largest absolute Gasteiger partial charge is 0.354 e. The maximum absolute atomic E-state index is 11.8. The van der Waals surface area contributed by atoms with Crippen molar-refractivity contribution in [3.8, 4) is 0 Å². The quantitative estimate of drug-likeness (QED) is 0.763. The van der Waals surface area contributed by atoms with Crippen molar-refractivity contribution in [3.63, 3.8) is 0 Å². The van der Waals surface area contributed by atoms with E-state index in [4.69, 9.17) is 0 Å². The molecule has 4 nitrogen and oxygen atoms in total. The molecule has 0 aliphatic rings. The van der Waals surface area contributed by atoms with Crippen molar-refractivity contribution in [2.45, 2.75) is 26.7 Å². The number of carbonyl (C=O) groups excluding carboxylic acids is 1. The summed E-state index contributed by atoms with van der Waals surface area (Å²) in [6.45, 7) is 8.30. The molecule has 0 saturated carbocycles. The topological polar surface area (TPSA) is 54.0 Å². The summed E-state index contributed by atoms with van der Waals surface area (Å²) in [7, 11) is 0. The van der Waals surface area contributed by atoms with Crippen molar-refractivity contribution >= 4 is 17.3 Å². The van der Waals surface area contributed by atoms with Crippen LogP contribution in [0.4, 0.5) is 11.4 Å². The molecule has 0 saturated heterocycles. The number of rotatable bonds is 7. The van der Waals surface area contributed by atoms with Crippen molar-refractivity contribution < 1.29 is 4.79 Å². The third-order valence-corrected chi connectivity index (χ3v) is 3.67. The lowest BCUT2D eigenvalue weighted by molar-refractivity contribution is 0.0953. The van der Waals surface area contributed by atoms with E-state index in [2.05, 4.69) is 54.2 Å². The summed E-state index contributed by atoms with van der Waals surface area (Å²) in [6.07, 6.45) is 5.26. The van der Waals surface area contributed by atoms with Crippen molar-refractivity contribution in [2.24, 2.45) is 0 Å². The Labute approximate surface area is 137 Å². The smallest absolute Gasteiger partial charge is 0.270 e. The van der Waals surface area contributed by atoms with Crippen LogP contribution in [0.2, 0.25) is 0 Å². The molecule has 0 spiro atoms. The molecular weight excluding hydrogens is 286 g/mol. The van der Waals surface area contributed by atoms with Gasteiger partial charge >= 0.3 is 0 Å². The maximum atomic E-state index is 11.8. The molecule has 1 heterocycles. The number of aryl methyl sites for hydroxylation is 2. The van der Waals surface area contributed by atoms with Gasteiger partial charge in [0.2, 0.25) is 0 Å². The van der Waals surface area contributed by atoms with Crippen molar-refractivity contribution in [1.82, 2.24) is 10.3 Å². The molecule has 2 N–H and O–H groups in total. The first kappa shape index (κ1) is 16.7. The molecule has 0 radical (unpaired) electrons. The van der Waals surface area contributed by atoms with Crippen LogP contribution in [0, 0.1) is 0 Å². The molecule has 120 valence electrons. The molecule has 0 bridgehead atoms. The minimum Gasteiger partial charge on any atom is -0.354 e. The second-order valence-electron chi connectivity index (χ2n) is 5.21. The number of hydrogen-bond acceptors (Lipinski definition) is 3. The van der Waals surface area contributed by atoms with E-state index < -0.39 is 0 Å². The molecule has 0 aliphatic heterocycles. The van der Waals surface area contributed by atoms with Gasteiger partial charge in [-0.2, -0.15) is 0 Å². The first-order chi connectivity index (χ1) is 11.2. The Morgan fingerprint density at radius 3 is 2.39 bits per heavy atom. The summed E-state index contributed by atoms with van der Waals surface area (Å²) in [4.78, 5) is 16.1. The Morgan fingerprint density at radius 1 is 1.17 bits per heavy atom. The number of hydrogen-bond donors (Lipinski definition) is 2. The molecular formula is C19H23N3O. The number of amides is 1. The molecule has 0 unspecified atom stereocenters. The highest BCUT2D eigenvalue weighted by Crippen LogP contribution is 2.26. The molecule has 1 aromatic carbocycles. The normalized spacial score (nSPS) is 10.2. The van der Waals surface area contributed by atoms with Crippen molar-refractivity contribution in [2.75, 3.05) is 11.9 Å². The zero-order valence-corrected chi connectivity index (χ0v) is 13.7. The molecule has 0 fully saturated rings. The van der Waals surface area contributed by atoms with Gasteiger partial charge in [0.25, 0.3) is 5.91 Å². The monoisotopic (exact) mass is 309 g/mol. The molecule has 2 aromatic rings. The van der Waals surface area contributed by atoms with E-state index in [1.165, 1.54) is 11.1 Å². The predicted octanol–water partition coefficient (Wildman–Crippen LogP) is 3.87. The van der Waals surface area contributed by atoms with Crippen LogP contribution in [0.1, 0.15) is 35.5 Å². The molecule has 1 amide bonds. The Balaban J connectivity index is 2.18. The third kappa shape index (κ3) is 4.19. The number of carbonyl (C=O) groups is 1. The average Bonchev–Trinajstić information content (AvgIpc) is 2.60. The van der Waals surface area contributed by atoms with Crippen LogP contribution in [0.5, 0.6) is 0 Å². The van der Waals surface area contributed by atoms with Gasteiger partial charge in [-0.05, 0) is 36.1 Å². The van der Waals surface area contributed by atoms with Gasteiger partial charge < -0.3 is 10.6 Å². The summed E-state index contributed by atoms with van der Waals surface area (Å²) in [5.41, 5.74) is 4.97. The standard InChI is InChI=1S/C19H23N3O/c1-4-12-20-19(23)17-11-10-16(13-21-17)22-18-14(5-2)8-7-9-15(18)6-3/h4,7-11,13,22H,1,5-6,12H2,2-3H3,(H,20,23). The molecule has 4 heteroatoms. The number of nitrogens with one attached hydrogen (secondary N) is 2. The van der Waals surface area contributed by atoms with Crippen molar-refractivity contribution in [3.05, 3.63) is 66.0 Å². The summed E-state index contributed by atoms with van der Waals surface area (Å²) in [5.74, 6) is -0.195. The highest BCUT2D eigenvalue weighted by atomic mass is 16.1. The lowest BCUT2D eigenvalue weighted by Crippen LogP contribution is -2.24. The lowest BCUT2D eigenvalue weighted by atomic mass is 10.0. The second-order valence-corrected chi connectivity index (χ2v) is 5.21. The maximum Gasteiger partial charge on any atom is 0.270 e. The van der Waals surface area contributed by atoms with Gasteiger partial charge in [0.1, 0.15) is 5.69 Å². The Bertz CT molecular complexity index is 655.